The smallest absolute Gasteiger partial charge is 0.0366 e. The summed E-state index contributed by atoms with van der Waals surface area (Å²) in [5.41, 5.74) is 0. The summed E-state index contributed by atoms with van der Waals surface area (Å²) >= 11 is 0. The highest BCUT2D eigenvalue weighted by Gasteiger charge is 1.54. The SMILES string of the molecule is [2H]CC#CC#CC#CC#CC#CC. The fourth-order valence-electron chi connectivity index (χ4n) is 0.294. The Labute approximate surface area is 75.2 Å². The van der Waals surface area contributed by atoms with E-state index in [-0.39, 0.29) is 6.90 Å². The van der Waals surface area contributed by atoms with Crippen molar-refractivity contribution in [2.45, 2.75) is 13.8 Å². The monoisotopic (exact) mass is 151 g/mol. The summed E-state index contributed by atoms with van der Waals surface area (Å²) in [4.78, 5) is 0. The Morgan fingerprint density at radius 3 is 1.50 bits per heavy atom. The molecule has 0 nitrogen and oxygen atoms in total. The van der Waals surface area contributed by atoms with Crippen LogP contribution >= 0.6 is 0 Å². The van der Waals surface area contributed by atoms with Crippen molar-refractivity contribution in [2.24, 2.45) is 0 Å². The van der Waals surface area contributed by atoms with Gasteiger partial charge in [-0.15, -0.1) is 0 Å². The van der Waals surface area contributed by atoms with Crippen LogP contribution in [0.5, 0.6) is 0 Å². The van der Waals surface area contributed by atoms with Crippen LogP contribution in [0.4, 0.5) is 0 Å². The van der Waals surface area contributed by atoms with Gasteiger partial charge in [0, 0.05) is 1.37 Å². The molecule has 0 aliphatic rings. The lowest BCUT2D eigenvalue weighted by molar-refractivity contribution is 1.92. The zero-order valence-corrected chi connectivity index (χ0v) is 6.71. The Balaban J connectivity index is 4.04. The average molecular weight is 151 g/mol. The van der Waals surface area contributed by atoms with Crippen LogP contribution < -0.4 is 0 Å². The van der Waals surface area contributed by atoms with Crippen LogP contribution in [0.25, 0.3) is 0 Å². The van der Waals surface area contributed by atoms with Crippen LogP contribution in [0.15, 0.2) is 0 Å². The first-order valence-corrected chi connectivity index (χ1v) is 3.10. The molecule has 0 atom stereocenters. The highest BCUT2D eigenvalue weighted by atomic mass is 13.6. The van der Waals surface area contributed by atoms with Gasteiger partial charge in [0.25, 0.3) is 0 Å². The van der Waals surface area contributed by atoms with Crippen LogP contribution in [0, 0.1) is 59.2 Å². The first kappa shape index (κ1) is 7.90. The second-order valence-electron chi connectivity index (χ2n) is 1.43. The minimum Gasteiger partial charge on any atom is -0.0925 e. The molecule has 0 rings (SSSR count). The van der Waals surface area contributed by atoms with E-state index >= 15 is 0 Å². The predicted octanol–water partition coefficient (Wildman–Crippen LogP) is 1.04. The Bertz CT molecular complexity index is 442. The van der Waals surface area contributed by atoms with Crippen LogP contribution in [0.1, 0.15) is 15.2 Å². The largest absolute Gasteiger partial charge is 0.0925 e. The minimum atomic E-state index is 0.0635. The van der Waals surface area contributed by atoms with Crippen molar-refractivity contribution in [1.29, 1.82) is 0 Å². The zero-order valence-electron chi connectivity index (χ0n) is 7.71. The van der Waals surface area contributed by atoms with Crippen LogP contribution in [0.2, 0.25) is 0 Å². The molecule has 0 N–H and O–H groups in total. The normalized spacial score (nSPS) is 4.92. The summed E-state index contributed by atoms with van der Waals surface area (Å²) < 4.78 is 6.68. The van der Waals surface area contributed by atoms with Crippen molar-refractivity contribution in [3.63, 3.8) is 0 Å². The Morgan fingerprint density at radius 1 is 0.667 bits per heavy atom. The Morgan fingerprint density at radius 2 is 1.08 bits per heavy atom. The zero-order chi connectivity index (χ0) is 9.78. The fraction of sp³-hybridized carbons (Fsp3) is 0.167. The van der Waals surface area contributed by atoms with Crippen LogP contribution in [0.3, 0.4) is 0 Å². The van der Waals surface area contributed by atoms with E-state index in [1.807, 2.05) is 0 Å². The molecule has 0 aliphatic carbocycles. The van der Waals surface area contributed by atoms with E-state index in [2.05, 4.69) is 59.2 Å². The van der Waals surface area contributed by atoms with Crippen molar-refractivity contribution in [3.05, 3.63) is 0 Å². The van der Waals surface area contributed by atoms with Gasteiger partial charge in [0.1, 0.15) is 0 Å². The van der Waals surface area contributed by atoms with Crippen molar-refractivity contribution in [3.8, 4) is 59.2 Å². The predicted molar refractivity (Wildman–Crippen MR) is 50.2 cm³/mol. The second-order valence-corrected chi connectivity index (χ2v) is 1.43. The summed E-state index contributed by atoms with van der Waals surface area (Å²) in [7, 11) is 0. The van der Waals surface area contributed by atoms with Gasteiger partial charge in [-0.05, 0) is 61.2 Å². The van der Waals surface area contributed by atoms with E-state index in [0.717, 1.165) is 0 Å². The van der Waals surface area contributed by atoms with Gasteiger partial charge in [0.15, 0.2) is 0 Å². The molecule has 12 heavy (non-hydrogen) atoms. The lowest BCUT2D eigenvalue weighted by atomic mass is 10.5. The van der Waals surface area contributed by atoms with Crippen molar-refractivity contribution in [1.82, 2.24) is 0 Å². The summed E-state index contributed by atoms with van der Waals surface area (Å²) in [6.07, 6.45) is 0. The quantitative estimate of drug-likeness (QED) is 0.454. The molecule has 54 valence electrons. The van der Waals surface area contributed by atoms with Gasteiger partial charge >= 0.3 is 0 Å². The van der Waals surface area contributed by atoms with Crippen LogP contribution in [-0.2, 0) is 0 Å². The van der Waals surface area contributed by atoms with Gasteiger partial charge in [0.05, 0.1) is 0 Å². The molecule has 0 heteroatoms. The fourth-order valence-corrected chi connectivity index (χ4v) is 0.294. The molecule has 0 radical (unpaired) electrons. The second kappa shape index (κ2) is 8.80. The lowest BCUT2D eigenvalue weighted by Crippen LogP contribution is -1.53. The third-order valence-electron chi connectivity index (χ3n) is 0.651. The molecule has 0 fully saturated rings. The maximum absolute atomic E-state index is 6.68. The van der Waals surface area contributed by atoms with E-state index in [9.17, 15) is 0 Å². The number of hydrogen-bond acceptors (Lipinski definition) is 0. The maximum atomic E-state index is 6.68. The van der Waals surface area contributed by atoms with Gasteiger partial charge in [-0.2, -0.15) is 0 Å². The van der Waals surface area contributed by atoms with Crippen molar-refractivity contribution < 1.29 is 1.37 Å². The molecule has 0 unspecified atom stereocenters. The van der Waals surface area contributed by atoms with E-state index in [1.54, 1.807) is 6.92 Å². The summed E-state index contributed by atoms with van der Waals surface area (Å²) in [6.45, 7) is 1.77. The molecule has 0 amide bonds. The molecule has 0 aromatic heterocycles. The molecule has 0 saturated carbocycles. The summed E-state index contributed by atoms with van der Waals surface area (Å²) in [5.74, 6) is 25.0. The van der Waals surface area contributed by atoms with E-state index in [4.69, 9.17) is 1.37 Å². The molecule has 0 bridgehead atoms. The standard InChI is InChI=1S/C12H6/c1-3-5-7-9-11-12-10-8-6-4-2/h1-2H3/i1D. The topological polar surface area (TPSA) is 0 Å². The Hall–Kier alpha value is -2.20. The maximum Gasteiger partial charge on any atom is 0.0366 e. The third-order valence-corrected chi connectivity index (χ3v) is 0.651. The van der Waals surface area contributed by atoms with Gasteiger partial charge < -0.3 is 0 Å². The first-order chi connectivity index (χ1) is 6.41. The molecule has 0 saturated heterocycles. The molecule has 0 aromatic carbocycles. The Kier molecular flexibility index (Phi) is 5.79. The van der Waals surface area contributed by atoms with Crippen molar-refractivity contribution >= 4 is 0 Å². The molecule has 0 spiro atoms. The van der Waals surface area contributed by atoms with Gasteiger partial charge in [-0.25, -0.2) is 0 Å². The molecule has 0 aromatic rings. The van der Waals surface area contributed by atoms with Crippen molar-refractivity contribution in [2.75, 3.05) is 0 Å². The van der Waals surface area contributed by atoms with E-state index in [0.29, 0.717) is 0 Å². The molecular weight excluding hydrogens is 144 g/mol. The first-order valence-electron chi connectivity index (χ1n) is 3.81. The highest BCUT2D eigenvalue weighted by Crippen LogP contribution is 1.55. The lowest BCUT2D eigenvalue weighted by Gasteiger charge is -1.54. The van der Waals surface area contributed by atoms with E-state index in [1.165, 1.54) is 0 Å². The van der Waals surface area contributed by atoms with E-state index < -0.39 is 0 Å². The summed E-state index contributed by atoms with van der Waals surface area (Å²) in [5, 5.41) is 0. The number of hydrogen-bond donors (Lipinski definition) is 0. The minimum absolute atomic E-state index is 0.0635. The van der Waals surface area contributed by atoms with Crippen LogP contribution in [-0.4, -0.2) is 0 Å². The third kappa shape index (κ3) is 7.80. The number of rotatable bonds is 0. The molecular formula is C12H6. The van der Waals surface area contributed by atoms with Gasteiger partial charge in [-0.1, -0.05) is 11.8 Å². The highest BCUT2D eigenvalue weighted by molar-refractivity contribution is 5.42. The summed E-state index contributed by atoms with van der Waals surface area (Å²) in [6, 6.07) is 0. The molecule has 0 aliphatic heterocycles. The van der Waals surface area contributed by atoms with Gasteiger partial charge in [0.2, 0.25) is 0 Å². The van der Waals surface area contributed by atoms with Gasteiger partial charge in [-0.3, -0.25) is 0 Å². The average Bonchev–Trinajstić information content (AvgIpc) is 2.16. The molecule has 0 heterocycles.